The molecule has 1 heterocycles. The first-order valence-corrected chi connectivity index (χ1v) is 7.31. The van der Waals surface area contributed by atoms with Crippen molar-refractivity contribution < 1.29 is 0 Å². The van der Waals surface area contributed by atoms with Gasteiger partial charge in [0.05, 0.1) is 11.1 Å². The third-order valence-corrected chi connectivity index (χ3v) is 4.28. The smallest absolute Gasteiger partial charge is 0.102 e. The van der Waals surface area contributed by atoms with Gasteiger partial charge in [-0.3, -0.25) is 4.98 Å². The molecule has 0 amide bonds. The van der Waals surface area contributed by atoms with E-state index in [2.05, 4.69) is 23.2 Å². The summed E-state index contributed by atoms with van der Waals surface area (Å²) >= 11 is 1.69. The van der Waals surface area contributed by atoms with Crippen LogP contribution in [0.5, 0.6) is 0 Å². The monoisotopic (exact) mass is 276 g/mol. The molecule has 0 fully saturated rings. The number of para-hydroxylation sites is 1. The lowest BCUT2D eigenvalue weighted by Crippen LogP contribution is -1.89. The standard InChI is InChI=1S/C17H12N2S/c18-10-14-11-19-16-9-5-4-8-15(16)17(14)20-12-13-6-2-1-3-7-13/h1-9,11H,12H2. The Balaban J connectivity index is 1.99. The van der Waals surface area contributed by atoms with Crippen molar-refractivity contribution in [3.63, 3.8) is 0 Å². The number of rotatable bonds is 3. The highest BCUT2D eigenvalue weighted by Crippen LogP contribution is 2.32. The first-order valence-electron chi connectivity index (χ1n) is 6.33. The Labute approximate surface area is 122 Å². The largest absolute Gasteiger partial charge is 0.255 e. The summed E-state index contributed by atoms with van der Waals surface area (Å²) in [6.07, 6.45) is 1.66. The van der Waals surface area contributed by atoms with Crippen LogP contribution in [0, 0.1) is 11.3 Å². The maximum Gasteiger partial charge on any atom is 0.102 e. The molecule has 3 heteroatoms. The van der Waals surface area contributed by atoms with E-state index in [1.807, 2.05) is 42.5 Å². The summed E-state index contributed by atoms with van der Waals surface area (Å²) in [5.41, 5.74) is 2.83. The van der Waals surface area contributed by atoms with Crippen LogP contribution in [-0.4, -0.2) is 4.98 Å². The van der Waals surface area contributed by atoms with Crippen molar-refractivity contribution in [1.82, 2.24) is 4.98 Å². The van der Waals surface area contributed by atoms with Crippen molar-refractivity contribution in [3.05, 3.63) is 71.9 Å². The van der Waals surface area contributed by atoms with Crippen molar-refractivity contribution in [3.8, 4) is 6.07 Å². The maximum atomic E-state index is 9.27. The zero-order valence-corrected chi connectivity index (χ0v) is 11.6. The molecule has 96 valence electrons. The molecule has 2 aromatic carbocycles. The second kappa shape index (κ2) is 5.77. The van der Waals surface area contributed by atoms with Crippen LogP contribution in [0.25, 0.3) is 10.9 Å². The first-order chi connectivity index (χ1) is 9.88. The van der Waals surface area contributed by atoms with E-state index in [0.717, 1.165) is 21.6 Å². The molecule has 1 aromatic heterocycles. The Morgan fingerprint density at radius 1 is 1.00 bits per heavy atom. The highest BCUT2D eigenvalue weighted by Gasteiger charge is 2.09. The van der Waals surface area contributed by atoms with E-state index in [4.69, 9.17) is 0 Å². The number of hydrogen-bond donors (Lipinski definition) is 0. The van der Waals surface area contributed by atoms with Gasteiger partial charge < -0.3 is 0 Å². The van der Waals surface area contributed by atoms with Gasteiger partial charge in [-0.25, -0.2) is 0 Å². The quantitative estimate of drug-likeness (QED) is 0.665. The van der Waals surface area contributed by atoms with Gasteiger partial charge in [-0.2, -0.15) is 5.26 Å². The molecular formula is C17H12N2S. The summed E-state index contributed by atoms with van der Waals surface area (Å²) in [4.78, 5) is 5.35. The van der Waals surface area contributed by atoms with Gasteiger partial charge in [-0.05, 0) is 11.6 Å². The lowest BCUT2D eigenvalue weighted by molar-refractivity contribution is 1.29. The number of fused-ring (bicyclic) bond motifs is 1. The number of hydrogen-bond acceptors (Lipinski definition) is 3. The first kappa shape index (κ1) is 12.7. The number of thioether (sulfide) groups is 1. The molecule has 0 spiro atoms. The maximum absolute atomic E-state index is 9.27. The number of nitrogens with zero attached hydrogens (tertiary/aromatic N) is 2. The molecule has 0 saturated heterocycles. The fourth-order valence-electron chi connectivity index (χ4n) is 2.08. The molecule has 0 bridgehead atoms. The van der Waals surface area contributed by atoms with Gasteiger partial charge in [0.2, 0.25) is 0 Å². The molecule has 3 aromatic rings. The van der Waals surface area contributed by atoms with Crippen LogP contribution in [0.1, 0.15) is 11.1 Å². The zero-order chi connectivity index (χ0) is 13.8. The van der Waals surface area contributed by atoms with Gasteiger partial charge >= 0.3 is 0 Å². The van der Waals surface area contributed by atoms with Crippen LogP contribution in [0.4, 0.5) is 0 Å². The van der Waals surface area contributed by atoms with Crippen molar-refractivity contribution in [2.24, 2.45) is 0 Å². The van der Waals surface area contributed by atoms with E-state index >= 15 is 0 Å². The fourth-order valence-corrected chi connectivity index (χ4v) is 3.17. The van der Waals surface area contributed by atoms with Crippen LogP contribution in [0.15, 0.2) is 65.7 Å². The van der Waals surface area contributed by atoms with Crippen molar-refractivity contribution in [1.29, 1.82) is 5.26 Å². The number of benzene rings is 2. The predicted octanol–water partition coefficient (Wildman–Crippen LogP) is 4.40. The Hall–Kier alpha value is -2.31. The number of nitriles is 1. The molecule has 0 aliphatic carbocycles. The number of pyridine rings is 1. The Kier molecular flexibility index (Phi) is 3.67. The van der Waals surface area contributed by atoms with Crippen LogP contribution in [-0.2, 0) is 5.75 Å². The Morgan fingerprint density at radius 2 is 1.75 bits per heavy atom. The lowest BCUT2D eigenvalue weighted by atomic mass is 10.2. The summed E-state index contributed by atoms with van der Waals surface area (Å²) in [6.45, 7) is 0. The van der Waals surface area contributed by atoms with Crippen LogP contribution < -0.4 is 0 Å². The average molecular weight is 276 g/mol. The summed E-state index contributed by atoms with van der Waals surface area (Å²) in [5, 5.41) is 10.3. The molecule has 0 aliphatic heterocycles. The summed E-state index contributed by atoms with van der Waals surface area (Å²) in [7, 11) is 0. The van der Waals surface area contributed by atoms with Gasteiger partial charge in [0.25, 0.3) is 0 Å². The van der Waals surface area contributed by atoms with Crippen LogP contribution in [0.3, 0.4) is 0 Å². The minimum Gasteiger partial charge on any atom is -0.255 e. The molecule has 0 saturated carbocycles. The Bertz CT molecular complexity index is 776. The summed E-state index contributed by atoms with van der Waals surface area (Å²) < 4.78 is 0. The van der Waals surface area contributed by atoms with E-state index in [9.17, 15) is 5.26 Å². The van der Waals surface area contributed by atoms with Crippen molar-refractivity contribution >= 4 is 22.7 Å². The molecule has 0 aliphatic rings. The molecule has 0 unspecified atom stereocenters. The van der Waals surface area contributed by atoms with Crippen molar-refractivity contribution in [2.75, 3.05) is 0 Å². The van der Waals surface area contributed by atoms with Gasteiger partial charge in [-0.15, -0.1) is 11.8 Å². The lowest BCUT2D eigenvalue weighted by Gasteiger charge is -2.08. The summed E-state index contributed by atoms with van der Waals surface area (Å²) in [5.74, 6) is 0.851. The highest BCUT2D eigenvalue weighted by atomic mass is 32.2. The molecule has 3 rings (SSSR count). The fraction of sp³-hybridized carbons (Fsp3) is 0.0588. The third-order valence-electron chi connectivity index (χ3n) is 3.07. The molecule has 0 atom stereocenters. The van der Waals surface area contributed by atoms with E-state index in [0.29, 0.717) is 5.56 Å². The average Bonchev–Trinajstić information content (AvgIpc) is 2.53. The molecule has 0 radical (unpaired) electrons. The Morgan fingerprint density at radius 3 is 2.55 bits per heavy atom. The highest BCUT2D eigenvalue weighted by molar-refractivity contribution is 7.98. The van der Waals surface area contributed by atoms with E-state index in [-0.39, 0.29) is 0 Å². The minimum absolute atomic E-state index is 0.643. The van der Waals surface area contributed by atoms with Crippen LogP contribution in [0.2, 0.25) is 0 Å². The van der Waals surface area contributed by atoms with Gasteiger partial charge in [0.1, 0.15) is 6.07 Å². The molecule has 20 heavy (non-hydrogen) atoms. The topological polar surface area (TPSA) is 36.7 Å². The van der Waals surface area contributed by atoms with Gasteiger partial charge in [0.15, 0.2) is 0 Å². The predicted molar refractivity (Wildman–Crippen MR) is 82.5 cm³/mol. The number of aromatic nitrogens is 1. The third kappa shape index (κ3) is 2.52. The van der Waals surface area contributed by atoms with Gasteiger partial charge in [0, 0.05) is 22.2 Å². The van der Waals surface area contributed by atoms with E-state index in [1.165, 1.54) is 5.56 Å². The second-order valence-corrected chi connectivity index (χ2v) is 5.39. The molecule has 2 nitrogen and oxygen atoms in total. The van der Waals surface area contributed by atoms with Crippen molar-refractivity contribution in [2.45, 2.75) is 10.6 Å². The van der Waals surface area contributed by atoms with E-state index < -0.39 is 0 Å². The minimum atomic E-state index is 0.643. The second-order valence-electron chi connectivity index (χ2n) is 4.40. The summed E-state index contributed by atoms with van der Waals surface area (Å²) in [6, 6.07) is 20.5. The molecular weight excluding hydrogens is 264 g/mol. The zero-order valence-electron chi connectivity index (χ0n) is 10.8. The molecule has 0 N–H and O–H groups in total. The SMILES string of the molecule is N#Cc1cnc2ccccc2c1SCc1ccccc1. The normalized spacial score (nSPS) is 10.3. The van der Waals surface area contributed by atoms with Crippen LogP contribution >= 0.6 is 11.8 Å². The van der Waals surface area contributed by atoms with Gasteiger partial charge in [-0.1, -0.05) is 48.5 Å². The van der Waals surface area contributed by atoms with E-state index in [1.54, 1.807) is 18.0 Å².